The van der Waals surface area contributed by atoms with E-state index in [2.05, 4.69) is 21.2 Å². The van der Waals surface area contributed by atoms with Crippen molar-refractivity contribution in [2.45, 2.75) is 32.1 Å². The van der Waals surface area contributed by atoms with Gasteiger partial charge in [0.2, 0.25) is 0 Å². The number of amides is 1. The zero-order chi connectivity index (χ0) is 15.9. The molecule has 0 aliphatic heterocycles. The van der Waals surface area contributed by atoms with Crippen molar-refractivity contribution in [2.24, 2.45) is 0 Å². The van der Waals surface area contributed by atoms with Gasteiger partial charge in [-0.25, -0.2) is 0 Å². The van der Waals surface area contributed by atoms with E-state index in [0.29, 0.717) is 24.3 Å². The molecule has 1 aromatic carbocycles. The Bertz CT molecular complexity index is 665. The normalized spacial score (nSPS) is 10.8. The summed E-state index contributed by atoms with van der Waals surface area (Å²) < 4.78 is 6.45. The monoisotopic (exact) mass is 367 g/mol. The molecule has 0 atom stereocenters. The van der Waals surface area contributed by atoms with E-state index >= 15 is 0 Å². The molecular weight excluding hydrogens is 350 g/mol. The van der Waals surface area contributed by atoms with Gasteiger partial charge < -0.3 is 14.8 Å². The highest BCUT2D eigenvalue weighted by molar-refractivity contribution is 9.10. The van der Waals surface area contributed by atoms with E-state index < -0.39 is 5.97 Å². The second kappa shape index (κ2) is 7.98. The lowest BCUT2D eigenvalue weighted by molar-refractivity contribution is -0.137. The quantitative estimate of drug-likeness (QED) is 0.692. The highest BCUT2D eigenvalue weighted by Gasteiger charge is 2.11. The number of rotatable bonds is 8. The molecule has 0 spiro atoms. The number of furan rings is 1. The summed E-state index contributed by atoms with van der Waals surface area (Å²) in [6.07, 6.45) is 3.49. The number of carbonyl (C=O) groups excluding carboxylic acids is 1. The summed E-state index contributed by atoms with van der Waals surface area (Å²) in [5.41, 5.74) is 0.682. The molecule has 0 aliphatic rings. The molecule has 0 saturated carbocycles. The summed E-state index contributed by atoms with van der Waals surface area (Å²) in [6.45, 7) is 0.562. The second-order valence-electron chi connectivity index (χ2n) is 5.11. The molecule has 1 amide bonds. The molecule has 0 aliphatic carbocycles. The zero-order valence-electron chi connectivity index (χ0n) is 12.1. The number of fused-ring (bicyclic) bond motifs is 1. The SMILES string of the molecule is O=C(O)CCCCCCNC(=O)c1cc2cc(Br)ccc2o1. The number of aliphatic carboxylic acids is 1. The van der Waals surface area contributed by atoms with Crippen LogP contribution in [0.25, 0.3) is 11.0 Å². The van der Waals surface area contributed by atoms with Crippen LogP contribution in [0.2, 0.25) is 0 Å². The van der Waals surface area contributed by atoms with Crippen molar-refractivity contribution < 1.29 is 19.1 Å². The maximum absolute atomic E-state index is 12.0. The van der Waals surface area contributed by atoms with Crippen LogP contribution in [0.15, 0.2) is 33.2 Å². The maximum atomic E-state index is 12.0. The van der Waals surface area contributed by atoms with Crippen molar-refractivity contribution in [1.29, 1.82) is 0 Å². The zero-order valence-corrected chi connectivity index (χ0v) is 13.7. The van der Waals surface area contributed by atoms with Crippen molar-refractivity contribution in [3.63, 3.8) is 0 Å². The largest absolute Gasteiger partial charge is 0.481 e. The number of carboxylic acid groups (broad SMARTS) is 1. The van der Waals surface area contributed by atoms with Gasteiger partial charge in [0.25, 0.3) is 5.91 Å². The Morgan fingerprint density at radius 1 is 1.14 bits per heavy atom. The van der Waals surface area contributed by atoms with Gasteiger partial charge in [0.15, 0.2) is 5.76 Å². The standard InChI is InChI=1S/C16H18BrNO4/c17-12-6-7-13-11(9-12)10-14(22-13)16(21)18-8-4-2-1-3-5-15(19)20/h6-7,9-10H,1-5,8H2,(H,18,21)(H,19,20). The highest BCUT2D eigenvalue weighted by Crippen LogP contribution is 2.23. The molecule has 2 rings (SSSR count). The molecule has 0 unspecified atom stereocenters. The van der Waals surface area contributed by atoms with Gasteiger partial charge in [-0.3, -0.25) is 9.59 Å². The van der Waals surface area contributed by atoms with Crippen LogP contribution in [-0.4, -0.2) is 23.5 Å². The lowest BCUT2D eigenvalue weighted by Crippen LogP contribution is -2.23. The van der Waals surface area contributed by atoms with Gasteiger partial charge in [-0.2, -0.15) is 0 Å². The number of carbonyl (C=O) groups is 2. The van der Waals surface area contributed by atoms with Crippen LogP contribution < -0.4 is 5.32 Å². The Morgan fingerprint density at radius 3 is 2.68 bits per heavy atom. The van der Waals surface area contributed by atoms with Gasteiger partial charge in [0.1, 0.15) is 5.58 Å². The lowest BCUT2D eigenvalue weighted by Gasteiger charge is -2.02. The maximum Gasteiger partial charge on any atom is 0.303 e. The van der Waals surface area contributed by atoms with Crippen molar-refractivity contribution in [2.75, 3.05) is 6.54 Å². The van der Waals surface area contributed by atoms with E-state index in [4.69, 9.17) is 9.52 Å². The van der Waals surface area contributed by atoms with E-state index in [-0.39, 0.29) is 12.3 Å². The minimum Gasteiger partial charge on any atom is -0.481 e. The van der Waals surface area contributed by atoms with Gasteiger partial charge in [-0.1, -0.05) is 28.8 Å². The van der Waals surface area contributed by atoms with Crippen LogP contribution in [0.1, 0.15) is 42.7 Å². The first-order valence-corrected chi connectivity index (χ1v) is 8.04. The Balaban J connectivity index is 1.73. The van der Waals surface area contributed by atoms with Crippen molar-refractivity contribution >= 4 is 38.8 Å². The number of hydrogen-bond donors (Lipinski definition) is 2. The molecule has 0 bridgehead atoms. The van der Waals surface area contributed by atoms with Gasteiger partial charge in [-0.15, -0.1) is 0 Å². The highest BCUT2D eigenvalue weighted by atomic mass is 79.9. The molecule has 5 nitrogen and oxygen atoms in total. The molecular formula is C16H18BrNO4. The van der Waals surface area contributed by atoms with Gasteiger partial charge >= 0.3 is 5.97 Å². The van der Waals surface area contributed by atoms with E-state index in [1.807, 2.05) is 18.2 Å². The minimum atomic E-state index is -0.759. The van der Waals surface area contributed by atoms with E-state index in [1.54, 1.807) is 6.07 Å². The number of unbranched alkanes of at least 4 members (excludes halogenated alkanes) is 3. The fraction of sp³-hybridized carbons (Fsp3) is 0.375. The molecule has 1 aromatic heterocycles. The Kier molecular flexibility index (Phi) is 6.00. The third kappa shape index (κ3) is 4.87. The summed E-state index contributed by atoms with van der Waals surface area (Å²) in [7, 11) is 0. The first-order chi connectivity index (χ1) is 10.6. The molecule has 6 heteroatoms. The first kappa shape index (κ1) is 16.5. The molecule has 0 fully saturated rings. The molecule has 0 saturated heterocycles. The third-order valence-electron chi connectivity index (χ3n) is 3.31. The number of nitrogens with one attached hydrogen (secondary N) is 1. The van der Waals surface area contributed by atoms with Crippen molar-refractivity contribution in [3.05, 3.63) is 34.5 Å². The topological polar surface area (TPSA) is 79.5 Å². The van der Waals surface area contributed by atoms with Gasteiger partial charge in [-0.05, 0) is 37.1 Å². The van der Waals surface area contributed by atoms with Crippen molar-refractivity contribution in [3.8, 4) is 0 Å². The van der Waals surface area contributed by atoms with Crippen LogP contribution in [0.4, 0.5) is 0 Å². The van der Waals surface area contributed by atoms with Crippen LogP contribution in [0.3, 0.4) is 0 Å². The molecule has 22 heavy (non-hydrogen) atoms. The summed E-state index contributed by atoms with van der Waals surface area (Å²) in [4.78, 5) is 22.3. The van der Waals surface area contributed by atoms with Crippen LogP contribution in [0, 0.1) is 0 Å². The number of benzene rings is 1. The smallest absolute Gasteiger partial charge is 0.303 e. The third-order valence-corrected chi connectivity index (χ3v) is 3.80. The summed E-state index contributed by atoms with van der Waals surface area (Å²) in [5, 5.41) is 12.2. The predicted octanol–water partition coefficient (Wildman–Crippen LogP) is 3.96. The summed E-state index contributed by atoms with van der Waals surface area (Å²) in [6, 6.07) is 7.31. The minimum absolute atomic E-state index is 0.209. The van der Waals surface area contributed by atoms with Crippen LogP contribution in [0.5, 0.6) is 0 Å². The molecule has 0 radical (unpaired) electrons. The fourth-order valence-corrected chi connectivity index (χ4v) is 2.55. The number of halogens is 1. The Morgan fingerprint density at radius 2 is 1.91 bits per heavy atom. The molecule has 118 valence electrons. The first-order valence-electron chi connectivity index (χ1n) is 7.25. The summed E-state index contributed by atoms with van der Waals surface area (Å²) >= 11 is 3.38. The van der Waals surface area contributed by atoms with E-state index in [9.17, 15) is 9.59 Å². The molecule has 1 heterocycles. The predicted molar refractivity (Wildman–Crippen MR) is 87.0 cm³/mol. The number of hydrogen-bond acceptors (Lipinski definition) is 3. The Labute approximate surface area is 136 Å². The lowest BCUT2D eigenvalue weighted by atomic mass is 10.1. The van der Waals surface area contributed by atoms with Gasteiger partial charge in [0.05, 0.1) is 0 Å². The fourth-order valence-electron chi connectivity index (χ4n) is 2.17. The van der Waals surface area contributed by atoms with Crippen LogP contribution >= 0.6 is 15.9 Å². The Hall–Kier alpha value is -1.82. The van der Waals surface area contributed by atoms with Crippen molar-refractivity contribution in [1.82, 2.24) is 5.32 Å². The number of carboxylic acids is 1. The molecule has 2 N–H and O–H groups in total. The van der Waals surface area contributed by atoms with Crippen LogP contribution in [-0.2, 0) is 4.79 Å². The molecule has 2 aromatic rings. The summed E-state index contributed by atoms with van der Waals surface area (Å²) in [5.74, 6) is -0.679. The average molecular weight is 368 g/mol. The average Bonchev–Trinajstić information content (AvgIpc) is 2.88. The van der Waals surface area contributed by atoms with E-state index in [0.717, 1.165) is 29.1 Å². The second-order valence-corrected chi connectivity index (χ2v) is 6.02. The van der Waals surface area contributed by atoms with Gasteiger partial charge in [0, 0.05) is 22.8 Å². The van der Waals surface area contributed by atoms with E-state index in [1.165, 1.54) is 0 Å².